The van der Waals surface area contributed by atoms with Gasteiger partial charge in [-0.2, -0.15) is 0 Å². The topological polar surface area (TPSA) is 47.0 Å². The van der Waals surface area contributed by atoms with Crippen LogP contribution in [-0.2, 0) is 6.61 Å². The molecule has 0 saturated heterocycles. The predicted molar refractivity (Wildman–Crippen MR) is 135 cm³/mol. The first-order valence-corrected chi connectivity index (χ1v) is 11.1. The number of aromatic nitrogens is 2. The molecule has 0 aliphatic carbocycles. The Balaban J connectivity index is 1.38. The Kier molecular flexibility index (Phi) is 5.92. The van der Waals surface area contributed by atoms with Gasteiger partial charge >= 0.3 is 0 Å². The van der Waals surface area contributed by atoms with Crippen LogP contribution in [0.15, 0.2) is 97.3 Å². The fraction of sp³-hybridized carbons (Fsp3) is 0.0714. The predicted octanol–water partition coefficient (Wildman–Crippen LogP) is 7.58. The molecule has 0 fully saturated rings. The molecule has 0 amide bonds. The van der Waals surface area contributed by atoms with Gasteiger partial charge in [-0.05, 0) is 53.9 Å². The van der Waals surface area contributed by atoms with Crippen LogP contribution >= 0.6 is 11.6 Å². The number of anilines is 2. The van der Waals surface area contributed by atoms with Crippen LogP contribution in [0, 0.1) is 6.92 Å². The quantitative estimate of drug-likeness (QED) is 0.289. The normalized spacial score (nSPS) is 10.8. The first kappa shape index (κ1) is 21.0. The van der Waals surface area contributed by atoms with Gasteiger partial charge in [0.1, 0.15) is 24.5 Å². The number of benzene rings is 4. The van der Waals surface area contributed by atoms with Crippen molar-refractivity contribution >= 4 is 34.0 Å². The number of hydrogen-bond acceptors (Lipinski definition) is 4. The van der Waals surface area contributed by atoms with Gasteiger partial charge in [-0.1, -0.05) is 77.8 Å². The molecule has 33 heavy (non-hydrogen) atoms. The summed E-state index contributed by atoms with van der Waals surface area (Å²) in [5.41, 5.74) is 6.26. The second-order valence-electron chi connectivity index (χ2n) is 7.87. The summed E-state index contributed by atoms with van der Waals surface area (Å²) in [6.45, 7) is 2.53. The standard InChI is InChI=1S/C28H22ClN3O/c1-19-6-5-7-20(14-19)17-33-27-13-11-23(16-25(27)29)32-28-24-15-22(21-8-3-2-4-9-21)10-12-26(24)30-18-31-28/h2-16,18H,17H2,1H3,(H,30,31,32). The third-order valence-corrected chi connectivity index (χ3v) is 5.71. The van der Waals surface area contributed by atoms with E-state index in [4.69, 9.17) is 16.3 Å². The number of halogens is 1. The Hall–Kier alpha value is -3.89. The molecule has 5 aromatic rings. The minimum absolute atomic E-state index is 0.465. The highest BCUT2D eigenvalue weighted by molar-refractivity contribution is 6.32. The molecule has 0 spiro atoms. The highest BCUT2D eigenvalue weighted by Gasteiger charge is 2.09. The largest absolute Gasteiger partial charge is 0.487 e. The number of hydrogen-bond donors (Lipinski definition) is 1. The lowest BCUT2D eigenvalue weighted by atomic mass is 10.0. The Labute approximate surface area is 197 Å². The van der Waals surface area contributed by atoms with Gasteiger partial charge in [0.15, 0.2) is 0 Å². The van der Waals surface area contributed by atoms with Gasteiger partial charge in [0.25, 0.3) is 0 Å². The SMILES string of the molecule is Cc1cccc(COc2ccc(Nc3ncnc4ccc(-c5ccccc5)cc34)cc2Cl)c1. The minimum atomic E-state index is 0.465. The van der Waals surface area contributed by atoms with Gasteiger partial charge in [0.2, 0.25) is 0 Å². The van der Waals surface area contributed by atoms with Crippen LogP contribution in [0.2, 0.25) is 5.02 Å². The molecule has 1 heterocycles. The van der Waals surface area contributed by atoms with Crippen molar-refractivity contribution in [1.82, 2.24) is 9.97 Å². The zero-order chi connectivity index (χ0) is 22.6. The highest BCUT2D eigenvalue weighted by Crippen LogP contribution is 2.32. The van der Waals surface area contributed by atoms with Crippen molar-refractivity contribution in [2.24, 2.45) is 0 Å². The Morgan fingerprint density at radius 1 is 0.818 bits per heavy atom. The fourth-order valence-electron chi connectivity index (χ4n) is 3.76. The van der Waals surface area contributed by atoms with E-state index in [0.29, 0.717) is 17.4 Å². The Morgan fingerprint density at radius 2 is 1.70 bits per heavy atom. The first-order valence-electron chi connectivity index (χ1n) is 10.7. The van der Waals surface area contributed by atoms with Crippen molar-refractivity contribution in [3.05, 3.63) is 113 Å². The van der Waals surface area contributed by atoms with Gasteiger partial charge in [-0.15, -0.1) is 0 Å². The van der Waals surface area contributed by atoms with Crippen molar-refractivity contribution in [3.63, 3.8) is 0 Å². The summed E-state index contributed by atoms with van der Waals surface area (Å²) in [5, 5.41) is 4.86. The van der Waals surface area contributed by atoms with E-state index in [0.717, 1.165) is 39.1 Å². The maximum absolute atomic E-state index is 6.52. The van der Waals surface area contributed by atoms with Crippen LogP contribution in [0.4, 0.5) is 11.5 Å². The van der Waals surface area contributed by atoms with Crippen molar-refractivity contribution in [2.75, 3.05) is 5.32 Å². The van der Waals surface area contributed by atoms with Gasteiger partial charge < -0.3 is 10.1 Å². The second-order valence-corrected chi connectivity index (χ2v) is 8.28. The first-order chi connectivity index (χ1) is 16.2. The average molecular weight is 452 g/mol. The average Bonchev–Trinajstić information content (AvgIpc) is 2.84. The smallest absolute Gasteiger partial charge is 0.141 e. The summed E-state index contributed by atoms with van der Waals surface area (Å²) in [5.74, 6) is 1.37. The lowest BCUT2D eigenvalue weighted by Crippen LogP contribution is -1.98. The summed E-state index contributed by atoms with van der Waals surface area (Å²) in [6, 6.07) is 30.4. The fourth-order valence-corrected chi connectivity index (χ4v) is 4.00. The van der Waals surface area contributed by atoms with Crippen molar-refractivity contribution in [1.29, 1.82) is 0 Å². The van der Waals surface area contributed by atoms with Crippen LogP contribution in [0.3, 0.4) is 0 Å². The molecule has 0 bridgehead atoms. The van der Waals surface area contributed by atoms with E-state index in [1.165, 1.54) is 5.56 Å². The summed E-state index contributed by atoms with van der Waals surface area (Å²) in [6.07, 6.45) is 1.56. The molecular formula is C28H22ClN3O. The van der Waals surface area contributed by atoms with Crippen molar-refractivity contribution in [2.45, 2.75) is 13.5 Å². The summed E-state index contributed by atoms with van der Waals surface area (Å²) in [7, 11) is 0. The summed E-state index contributed by atoms with van der Waals surface area (Å²) >= 11 is 6.52. The van der Waals surface area contributed by atoms with Gasteiger partial charge in [0.05, 0.1) is 10.5 Å². The molecule has 4 aromatic carbocycles. The van der Waals surface area contributed by atoms with Crippen LogP contribution in [-0.4, -0.2) is 9.97 Å². The molecule has 4 nitrogen and oxygen atoms in total. The van der Waals surface area contributed by atoms with Crippen LogP contribution in [0.1, 0.15) is 11.1 Å². The molecule has 0 radical (unpaired) electrons. The molecule has 1 N–H and O–H groups in total. The molecule has 0 aliphatic heterocycles. The second kappa shape index (κ2) is 9.31. The van der Waals surface area contributed by atoms with Gasteiger partial charge in [-0.25, -0.2) is 9.97 Å². The number of ether oxygens (including phenoxy) is 1. The lowest BCUT2D eigenvalue weighted by Gasteiger charge is -2.12. The van der Waals surface area contributed by atoms with Gasteiger partial charge in [-0.3, -0.25) is 0 Å². The third-order valence-electron chi connectivity index (χ3n) is 5.41. The molecule has 0 unspecified atom stereocenters. The number of nitrogens with zero attached hydrogens (tertiary/aromatic N) is 2. The van der Waals surface area contributed by atoms with E-state index in [1.54, 1.807) is 6.33 Å². The zero-order valence-corrected chi connectivity index (χ0v) is 18.9. The Morgan fingerprint density at radius 3 is 2.52 bits per heavy atom. The van der Waals surface area contributed by atoms with E-state index >= 15 is 0 Å². The maximum atomic E-state index is 6.52. The molecule has 0 atom stereocenters. The molecule has 5 heteroatoms. The lowest BCUT2D eigenvalue weighted by molar-refractivity contribution is 0.306. The number of nitrogens with one attached hydrogen (secondary N) is 1. The minimum Gasteiger partial charge on any atom is -0.487 e. The molecule has 1 aromatic heterocycles. The van der Waals surface area contributed by atoms with Gasteiger partial charge in [0, 0.05) is 11.1 Å². The third kappa shape index (κ3) is 4.81. The summed E-state index contributed by atoms with van der Waals surface area (Å²) in [4.78, 5) is 8.89. The van der Waals surface area contributed by atoms with Crippen LogP contribution < -0.4 is 10.1 Å². The van der Waals surface area contributed by atoms with Crippen molar-refractivity contribution in [3.8, 4) is 16.9 Å². The van der Waals surface area contributed by atoms with E-state index in [2.05, 4.69) is 58.6 Å². The van der Waals surface area contributed by atoms with Crippen molar-refractivity contribution < 1.29 is 4.74 Å². The van der Waals surface area contributed by atoms with E-state index in [-0.39, 0.29) is 0 Å². The highest BCUT2D eigenvalue weighted by atomic mass is 35.5. The van der Waals surface area contributed by atoms with Crippen LogP contribution in [0.5, 0.6) is 5.75 Å². The number of fused-ring (bicyclic) bond motifs is 1. The maximum Gasteiger partial charge on any atom is 0.141 e. The molecule has 5 rings (SSSR count). The molecule has 162 valence electrons. The molecule has 0 saturated carbocycles. The number of rotatable bonds is 6. The van der Waals surface area contributed by atoms with E-state index < -0.39 is 0 Å². The zero-order valence-electron chi connectivity index (χ0n) is 18.1. The Bertz CT molecular complexity index is 1420. The number of aryl methyl sites for hydroxylation is 1. The molecule has 0 aliphatic rings. The van der Waals surface area contributed by atoms with E-state index in [1.807, 2.05) is 54.6 Å². The summed E-state index contributed by atoms with van der Waals surface area (Å²) < 4.78 is 5.93. The van der Waals surface area contributed by atoms with Crippen LogP contribution in [0.25, 0.3) is 22.0 Å². The molecular weight excluding hydrogens is 430 g/mol. The monoisotopic (exact) mass is 451 g/mol. The van der Waals surface area contributed by atoms with E-state index in [9.17, 15) is 0 Å².